The van der Waals surface area contributed by atoms with E-state index in [0.29, 0.717) is 12.8 Å². The standard InChI is InChI=1S/C71H118NO8P/c1-3-5-7-9-11-13-15-17-19-21-23-24-25-26-27-28-29-30-31-32-33-34-35-36-37-38-39-40-41-42-43-44-46-48-50-52-54-56-58-60-62-64-71(74)80-69(68-79-81(75,76)78-66-65-72)67-77-70(73)63-61-59-57-55-53-51-49-47-45-22-20-18-16-14-12-10-8-6-4-2/h5-8,11-14,17-20,23-24,26-27,29-30,45,47,51,53,57,59,69H,3-4,9-10,15-16,21-22,25,28,31-44,46,48-50,52,54-56,58,60-68,72H2,1-2H3,(H,75,76)/b7-5-,8-6-,13-11-,14-12-,19-17-,20-18-,24-23-,27-26-,30-29-,47-45-,53-51-,59-57-. The molecule has 3 N–H and O–H groups in total. The molecule has 0 radical (unpaired) electrons. The molecule has 0 aliphatic heterocycles. The number of hydrogen-bond donors (Lipinski definition) is 2. The Morgan fingerprint density at radius 3 is 1.00 bits per heavy atom. The largest absolute Gasteiger partial charge is 0.472 e. The number of unbranched alkanes of at least 4 members (excludes halogenated alkanes) is 22. The van der Waals surface area contributed by atoms with Crippen molar-refractivity contribution in [1.82, 2.24) is 0 Å². The summed E-state index contributed by atoms with van der Waals surface area (Å²) < 4.78 is 33.0. The molecule has 2 unspecified atom stereocenters. The van der Waals surface area contributed by atoms with Crippen LogP contribution in [-0.2, 0) is 32.7 Å². The second-order valence-corrected chi connectivity index (χ2v) is 22.3. The first-order chi connectivity index (χ1) is 39.8. The van der Waals surface area contributed by atoms with Crippen molar-refractivity contribution < 1.29 is 37.6 Å². The van der Waals surface area contributed by atoms with Crippen molar-refractivity contribution in [2.24, 2.45) is 5.73 Å². The van der Waals surface area contributed by atoms with E-state index in [9.17, 15) is 19.0 Å². The minimum Gasteiger partial charge on any atom is -0.462 e. The summed E-state index contributed by atoms with van der Waals surface area (Å²) >= 11 is 0. The molecule has 0 aliphatic rings. The first-order valence-electron chi connectivity index (χ1n) is 32.3. The quantitative estimate of drug-likeness (QED) is 0.0264. The monoisotopic (exact) mass is 1140 g/mol. The number of phosphoric acid groups is 1. The Bertz CT molecular complexity index is 1830. The van der Waals surface area contributed by atoms with Crippen molar-refractivity contribution in [1.29, 1.82) is 0 Å². The first kappa shape index (κ1) is 76.9. The smallest absolute Gasteiger partial charge is 0.462 e. The highest BCUT2D eigenvalue weighted by Gasteiger charge is 2.26. The van der Waals surface area contributed by atoms with Gasteiger partial charge in [0, 0.05) is 19.4 Å². The Morgan fingerprint density at radius 2 is 0.667 bits per heavy atom. The number of phosphoric ester groups is 1. The van der Waals surface area contributed by atoms with Gasteiger partial charge in [-0.3, -0.25) is 18.6 Å². The van der Waals surface area contributed by atoms with Crippen LogP contribution in [0.3, 0.4) is 0 Å². The molecule has 0 rings (SSSR count). The summed E-state index contributed by atoms with van der Waals surface area (Å²) in [7, 11) is -4.41. The van der Waals surface area contributed by atoms with E-state index in [1.807, 2.05) is 12.2 Å². The van der Waals surface area contributed by atoms with E-state index in [1.165, 1.54) is 122 Å². The third-order valence-corrected chi connectivity index (χ3v) is 14.2. The van der Waals surface area contributed by atoms with Gasteiger partial charge >= 0.3 is 19.8 Å². The van der Waals surface area contributed by atoms with Crippen LogP contribution in [0.15, 0.2) is 146 Å². The molecule has 0 saturated heterocycles. The molecular weight excluding hydrogens is 1030 g/mol. The lowest BCUT2D eigenvalue weighted by Gasteiger charge is -2.19. The van der Waals surface area contributed by atoms with Crippen LogP contribution in [0.2, 0.25) is 0 Å². The fourth-order valence-corrected chi connectivity index (χ4v) is 9.31. The summed E-state index contributed by atoms with van der Waals surface area (Å²) in [5, 5.41) is 0. The molecule has 10 heteroatoms. The number of nitrogens with two attached hydrogens (primary N) is 1. The summed E-state index contributed by atoms with van der Waals surface area (Å²) in [4.78, 5) is 35.2. The zero-order valence-electron chi connectivity index (χ0n) is 51.5. The molecule has 460 valence electrons. The molecule has 0 aromatic rings. The van der Waals surface area contributed by atoms with Gasteiger partial charge in [0.25, 0.3) is 0 Å². The Labute approximate surface area is 496 Å². The normalized spacial score (nSPS) is 14.0. The molecule has 2 atom stereocenters. The van der Waals surface area contributed by atoms with Crippen LogP contribution < -0.4 is 5.73 Å². The highest BCUT2D eigenvalue weighted by Crippen LogP contribution is 2.43. The first-order valence-corrected chi connectivity index (χ1v) is 33.8. The van der Waals surface area contributed by atoms with Gasteiger partial charge in [-0.25, -0.2) is 4.57 Å². The van der Waals surface area contributed by atoms with Crippen LogP contribution in [0.25, 0.3) is 0 Å². The topological polar surface area (TPSA) is 134 Å². The second kappa shape index (κ2) is 65.0. The number of hydrogen-bond acceptors (Lipinski definition) is 8. The highest BCUT2D eigenvalue weighted by molar-refractivity contribution is 7.47. The fourth-order valence-electron chi connectivity index (χ4n) is 8.55. The van der Waals surface area contributed by atoms with Gasteiger partial charge in [0.05, 0.1) is 13.2 Å². The van der Waals surface area contributed by atoms with Crippen molar-refractivity contribution in [3.8, 4) is 0 Å². The molecule has 0 saturated carbocycles. The highest BCUT2D eigenvalue weighted by atomic mass is 31.2. The van der Waals surface area contributed by atoms with Gasteiger partial charge in [-0.1, -0.05) is 288 Å². The molecule has 0 aliphatic carbocycles. The third kappa shape index (κ3) is 64.9. The molecule has 9 nitrogen and oxygen atoms in total. The number of allylic oxidation sites excluding steroid dienone is 24. The molecule has 0 aromatic carbocycles. The van der Waals surface area contributed by atoms with E-state index >= 15 is 0 Å². The number of carbonyl (C=O) groups is 2. The van der Waals surface area contributed by atoms with E-state index in [0.717, 1.165) is 96.3 Å². The number of esters is 2. The molecule has 0 bridgehead atoms. The van der Waals surface area contributed by atoms with Crippen LogP contribution >= 0.6 is 7.82 Å². The van der Waals surface area contributed by atoms with Crippen molar-refractivity contribution >= 4 is 19.8 Å². The Morgan fingerprint density at radius 1 is 0.370 bits per heavy atom. The van der Waals surface area contributed by atoms with Crippen molar-refractivity contribution in [2.75, 3.05) is 26.4 Å². The second-order valence-electron chi connectivity index (χ2n) is 20.9. The predicted molar refractivity (Wildman–Crippen MR) is 348 cm³/mol. The molecule has 0 amide bonds. The van der Waals surface area contributed by atoms with E-state index in [4.69, 9.17) is 24.3 Å². The van der Waals surface area contributed by atoms with Crippen LogP contribution in [0.4, 0.5) is 0 Å². The Hall–Kier alpha value is -4.11. The zero-order valence-corrected chi connectivity index (χ0v) is 52.4. The van der Waals surface area contributed by atoms with E-state index < -0.39 is 32.5 Å². The Balaban J connectivity index is 3.89. The van der Waals surface area contributed by atoms with Gasteiger partial charge in [0.15, 0.2) is 6.10 Å². The van der Waals surface area contributed by atoms with E-state index in [2.05, 4.69) is 148 Å². The lowest BCUT2D eigenvalue weighted by atomic mass is 10.0. The van der Waals surface area contributed by atoms with Crippen molar-refractivity contribution in [2.45, 2.75) is 264 Å². The lowest BCUT2D eigenvalue weighted by Crippen LogP contribution is -2.29. The maximum absolute atomic E-state index is 12.7. The minimum absolute atomic E-state index is 0.0386. The fraction of sp³-hybridized carbons (Fsp3) is 0.634. The van der Waals surface area contributed by atoms with Gasteiger partial charge in [0.2, 0.25) is 0 Å². The van der Waals surface area contributed by atoms with Gasteiger partial charge in [0.1, 0.15) is 6.61 Å². The average molecular weight is 1140 g/mol. The maximum atomic E-state index is 12.7. The zero-order chi connectivity index (χ0) is 58.7. The van der Waals surface area contributed by atoms with E-state index in [-0.39, 0.29) is 32.6 Å². The minimum atomic E-state index is -4.41. The van der Waals surface area contributed by atoms with Crippen LogP contribution in [0.5, 0.6) is 0 Å². The number of carbonyl (C=O) groups excluding carboxylic acids is 2. The summed E-state index contributed by atoms with van der Waals surface area (Å²) in [5.41, 5.74) is 5.38. The van der Waals surface area contributed by atoms with Crippen molar-refractivity contribution in [3.05, 3.63) is 146 Å². The molecule has 0 fully saturated rings. The van der Waals surface area contributed by atoms with Gasteiger partial charge in [-0.2, -0.15) is 0 Å². The SMILES string of the molecule is CC/C=C\C/C=C\C/C=C\C/C=C\C/C=C\C/C=C\CCCCCCCCCCCCCCCCCCCCCCCCC(=O)OC(COC(=O)CC/C=C\C/C=C\C/C=C\C/C=C\C/C=C\C/C=C\CC)COP(=O)(O)OCCN. The van der Waals surface area contributed by atoms with Crippen LogP contribution in [0.1, 0.15) is 258 Å². The van der Waals surface area contributed by atoms with Crippen LogP contribution in [0, 0.1) is 0 Å². The van der Waals surface area contributed by atoms with Gasteiger partial charge < -0.3 is 20.1 Å². The van der Waals surface area contributed by atoms with E-state index in [1.54, 1.807) is 0 Å². The lowest BCUT2D eigenvalue weighted by molar-refractivity contribution is -0.161. The third-order valence-electron chi connectivity index (χ3n) is 13.2. The maximum Gasteiger partial charge on any atom is 0.472 e. The van der Waals surface area contributed by atoms with Crippen molar-refractivity contribution in [3.63, 3.8) is 0 Å². The van der Waals surface area contributed by atoms with Crippen LogP contribution in [-0.4, -0.2) is 49.3 Å². The molecule has 81 heavy (non-hydrogen) atoms. The molecule has 0 aromatic heterocycles. The summed E-state index contributed by atoms with van der Waals surface area (Å²) in [5.74, 6) is -0.927. The average Bonchev–Trinajstić information content (AvgIpc) is 3.46. The Kier molecular flexibility index (Phi) is 61.7. The molecule has 0 spiro atoms. The molecular formula is C71H118NO8P. The van der Waals surface area contributed by atoms with Gasteiger partial charge in [-0.05, 0) is 103 Å². The summed E-state index contributed by atoms with van der Waals surface area (Å²) in [6.45, 7) is 3.43. The van der Waals surface area contributed by atoms with Gasteiger partial charge in [-0.15, -0.1) is 0 Å². The summed E-state index contributed by atoms with van der Waals surface area (Å²) in [6, 6.07) is 0. The molecule has 0 heterocycles. The number of rotatable bonds is 59. The predicted octanol–water partition coefficient (Wildman–Crippen LogP) is 21.1. The number of ether oxygens (including phenoxy) is 2. The summed E-state index contributed by atoms with van der Waals surface area (Å²) in [6.07, 6.45) is 93.9.